The standard InChI is InChI=1S/C8H9N3/c1-6-3-8-5-9-4-7(2)11(8)10-6/h3-5H,1-2H3. The van der Waals surface area contributed by atoms with Gasteiger partial charge in [0, 0.05) is 6.20 Å². The molecule has 0 unspecified atom stereocenters. The van der Waals surface area contributed by atoms with E-state index in [1.54, 1.807) is 6.20 Å². The molecule has 0 amide bonds. The van der Waals surface area contributed by atoms with Crippen LogP contribution in [0, 0.1) is 13.8 Å². The highest BCUT2D eigenvalue weighted by molar-refractivity contribution is 5.45. The maximum Gasteiger partial charge on any atom is 0.0850 e. The van der Waals surface area contributed by atoms with E-state index in [2.05, 4.69) is 10.1 Å². The molecule has 0 radical (unpaired) electrons. The van der Waals surface area contributed by atoms with Crippen molar-refractivity contribution < 1.29 is 0 Å². The molecule has 0 spiro atoms. The molecule has 0 aliphatic heterocycles. The first-order valence-corrected chi connectivity index (χ1v) is 3.54. The first-order valence-electron chi connectivity index (χ1n) is 3.54. The molecule has 0 saturated carbocycles. The summed E-state index contributed by atoms with van der Waals surface area (Å²) in [5.41, 5.74) is 3.15. The summed E-state index contributed by atoms with van der Waals surface area (Å²) in [6.45, 7) is 3.97. The predicted molar refractivity (Wildman–Crippen MR) is 42.5 cm³/mol. The number of hydrogen-bond acceptors (Lipinski definition) is 2. The molecule has 2 aromatic heterocycles. The van der Waals surface area contributed by atoms with Crippen LogP contribution in [0.25, 0.3) is 5.52 Å². The van der Waals surface area contributed by atoms with Gasteiger partial charge in [-0.3, -0.25) is 4.98 Å². The van der Waals surface area contributed by atoms with Crippen LogP contribution < -0.4 is 0 Å². The van der Waals surface area contributed by atoms with Crippen LogP contribution in [0.15, 0.2) is 18.5 Å². The molecule has 2 rings (SSSR count). The van der Waals surface area contributed by atoms with Gasteiger partial charge in [-0.2, -0.15) is 5.10 Å². The fourth-order valence-electron chi connectivity index (χ4n) is 1.17. The fourth-order valence-corrected chi connectivity index (χ4v) is 1.17. The van der Waals surface area contributed by atoms with Crippen molar-refractivity contribution in [1.29, 1.82) is 0 Å². The number of aromatic nitrogens is 3. The quantitative estimate of drug-likeness (QED) is 0.563. The molecule has 2 aromatic rings. The van der Waals surface area contributed by atoms with Crippen LogP contribution in [0.5, 0.6) is 0 Å². The largest absolute Gasteiger partial charge is 0.261 e. The van der Waals surface area contributed by atoms with Crippen molar-refractivity contribution >= 4 is 5.52 Å². The van der Waals surface area contributed by atoms with E-state index in [1.807, 2.05) is 30.6 Å². The molecule has 2 heterocycles. The molecule has 0 fully saturated rings. The van der Waals surface area contributed by atoms with Crippen molar-refractivity contribution in [3.63, 3.8) is 0 Å². The highest BCUT2D eigenvalue weighted by Crippen LogP contribution is 2.05. The second kappa shape index (κ2) is 2.05. The van der Waals surface area contributed by atoms with Crippen LogP contribution in [0.3, 0.4) is 0 Å². The third kappa shape index (κ3) is 0.888. The Morgan fingerprint density at radius 3 is 2.82 bits per heavy atom. The van der Waals surface area contributed by atoms with E-state index in [0.29, 0.717) is 0 Å². The minimum atomic E-state index is 1.03. The van der Waals surface area contributed by atoms with E-state index < -0.39 is 0 Å². The Balaban J connectivity index is 2.90. The highest BCUT2D eigenvalue weighted by atomic mass is 15.2. The molecule has 0 saturated heterocycles. The van der Waals surface area contributed by atoms with Crippen molar-refractivity contribution in [3.05, 3.63) is 29.8 Å². The molecule has 11 heavy (non-hydrogen) atoms. The zero-order valence-electron chi connectivity index (χ0n) is 6.57. The monoisotopic (exact) mass is 147 g/mol. The third-order valence-corrected chi connectivity index (χ3v) is 1.66. The van der Waals surface area contributed by atoms with Gasteiger partial charge in [0.15, 0.2) is 0 Å². The summed E-state index contributed by atoms with van der Waals surface area (Å²) in [6, 6.07) is 2.01. The van der Waals surface area contributed by atoms with Crippen LogP contribution in [-0.4, -0.2) is 14.6 Å². The molecule has 56 valence electrons. The molecular formula is C8H9N3. The zero-order chi connectivity index (χ0) is 7.84. The van der Waals surface area contributed by atoms with Crippen molar-refractivity contribution in [1.82, 2.24) is 14.6 Å². The van der Waals surface area contributed by atoms with Gasteiger partial charge in [0.05, 0.1) is 23.1 Å². The molecule has 0 bridgehead atoms. The first kappa shape index (κ1) is 6.34. The summed E-state index contributed by atoms with van der Waals surface area (Å²) in [5.74, 6) is 0. The fraction of sp³-hybridized carbons (Fsp3) is 0.250. The summed E-state index contributed by atoms with van der Waals surface area (Å²) in [5, 5.41) is 4.29. The summed E-state index contributed by atoms with van der Waals surface area (Å²) in [4.78, 5) is 4.06. The Bertz CT molecular complexity index is 389. The second-order valence-electron chi connectivity index (χ2n) is 2.67. The van der Waals surface area contributed by atoms with Gasteiger partial charge in [-0.1, -0.05) is 0 Å². The smallest absolute Gasteiger partial charge is 0.0850 e. The van der Waals surface area contributed by atoms with Gasteiger partial charge >= 0.3 is 0 Å². The summed E-state index contributed by atoms with van der Waals surface area (Å²) in [6.07, 6.45) is 3.62. The normalized spacial score (nSPS) is 10.7. The number of nitrogens with zero attached hydrogens (tertiary/aromatic N) is 3. The zero-order valence-corrected chi connectivity index (χ0v) is 6.57. The van der Waals surface area contributed by atoms with Crippen LogP contribution in [-0.2, 0) is 0 Å². The Hall–Kier alpha value is -1.38. The number of hydrogen-bond donors (Lipinski definition) is 0. The summed E-state index contributed by atoms with van der Waals surface area (Å²) in [7, 11) is 0. The van der Waals surface area contributed by atoms with E-state index in [0.717, 1.165) is 16.9 Å². The van der Waals surface area contributed by atoms with Crippen molar-refractivity contribution in [2.45, 2.75) is 13.8 Å². The Kier molecular flexibility index (Phi) is 1.18. The van der Waals surface area contributed by atoms with Gasteiger partial charge in [0.2, 0.25) is 0 Å². The number of aryl methyl sites for hydroxylation is 2. The van der Waals surface area contributed by atoms with E-state index >= 15 is 0 Å². The minimum absolute atomic E-state index is 1.03. The van der Waals surface area contributed by atoms with Gasteiger partial charge in [-0.05, 0) is 19.9 Å². The van der Waals surface area contributed by atoms with Crippen LogP contribution >= 0.6 is 0 Å². The molecule has 3 nitrogen and oxygen atoms in total. The molecule has 3 heteroatoms. The Morgan fingerprint density at radius 1 is 1.27 bits per heavy atom. The lowest BCUT2D eigenvalue weighted by molar-refractivity contribution is 0.880. The maximum absolute atomic E-state index is 4.29. The van der Waals surface area contributed by atoms with Crippen LogP contribution in [0.2, 0.25) is 0 Å². The summed E-state index contributed by atoms with van der Waals surface area (Å²) >= 11 is 0. The lowest BCUT2D eigenvalue weighted by Crippen LogP contribution is -1.93. The van der Waals surface area contributed by atoms with Gasteiger partial charge < -0.3 is 0 Å². The molecular weight excluding hydrogens is 138 g/mol. The van der Waals surface area contributed by atoms with E-state index in [4.69, 9.17) is 0 Å². The average Bonchev–Trinajstić information content (AvgIpc) is 2.31. The minimum Gasteiger partial charge on any atom is -0.261 e. The second-order valence-corrected chi connectivity index (χ2v) is 2.67. The SMILES string of the molecule is Cc1cc2cncc(C)n2n1. The molecule has 0 atom stereocenters. The topological polar surface area (TPSA) is 30.2 Å². The van der Waals surface area contributed by atoms with Crippen molar-refractivity contribution in [2.75, 3.05) is 0 Å². The number of fused-ring (bicyclic) bond motifs is 1. The van der Waals surface area contributed by atoms with Crippen LogP contribution in [0.4, 0.5) is 0 Å². The Labute approximate surface area is 64.7 Å². The third-order valence-electron chi connectivity index (χ3n) is 1.66. The van der Waals surface area contributed by atoms with Crippen molar-refractivity contribution in [2.24, 2.45) is 0 Å². The molecule has 0 N–H and O–H groups in total. The van der Waals surface area contributed by atoms with Gasteiger partial charge in [0.1, 0.15) is 0 Å². The summed E-state index contributed by atoms with van der Waals surface area (Å²) < 4.78 is 1.89. The average molecular weight is 147 g/mol. The predicted octanol–water partition coefficient (Wildman–Crippen LogP) is 1.35. The van der Waals surface area contributed by atoms with Crippen molar-refractivity contribution in [3.8, 4) is 0 Å². The van der Waals surface area contributed by atoms with Gasteiger partial charge in [0.25, 0.3) is 0 Å². The van der Waals surface area contributed by atoms with E-state index in [-0.39, 0.29) is 0 Å². The Morgan fingerprint density at radius 2 is 2.09 bits per heavy atom. The van der Waals surface area contributed by atoms with E-state index in [9.17, 15) is 0 Å². The first-order chi connectivity index (χ1) is 5.27. The number of rotatable bonds is 0. The molecule has 0 aliphatic rings. The van der Waals surface area contributed by atoms with Crippen LogP contribution in [0.1, 0.15) is 11.4 Å². The van der Waals surface area contributed by atoms with E-state index in [1.165, 1.54) is 0 Å². The lowest BCUT2D eigenvalue weighted by Gasteiger charge is -1.94. The maximum atomic E-state index is 4.29. The van der Waals surface area contributed by atoms with Gasteiger partial charge in [-0.25, -0.2) is 4.52 Å². The highest BCUT2D eigenvalue weighted by Gasteiger charge is 1.97. The molecule has 0 aromatic carbocycles. The lowest BCUT2D eigenvalue weighted by atomic mass is 10.4. The van der Waals surface area contributed by atoms with Gasteiger partial charge in [-0.15, -0.1) is 0 Å². The molecule has 0 aliphatic carbocycles.